The van der Waals surface area contributed by atoms with E-state index in [0.717, 1.165) is 30.2 Å². The summed E-state index contributed by atoms with van der Waals surface area (Å²) in [6.45, 7) is 7.61. The first-order valence-electron chi connectivity index (χ1n) is 10.4. The van der Waals surface area contributed by atoms with Crippen molar-refractivity contribution < 1.29 is 18.3 Å². The summed E-state index contributed by atoms with van der Waals surface area (Å²) < 4.78 is 23.9. The zero-order valence-corrected chi connectivity index (χ0v) is 18.4. The lowest BCUT2D eigenvalue weighted by atomic mass is 10.2. The number of aromatic nitrogens is 1. The number of oxazole rings is 1. The summed E-state index contributed by atoms with van der Waals surface area (Å²) in [6.07, 6.45) is 2.69. The fourth-order valence-electron chi connectivity index (χ4n) is 3.33. The van der Waals surface area contributed by atoms with Crippen LogP contribution in [0.2, 0.25) is 0 Å². The predicted molar refractivity (Wildman–Crippen MR) is 116 cm³/mol. The molecule has 0 aliphatic carbocycles. The normalized spacial score (nSPS) is 17.0. The molecule has 168 valence electrons. The van der Waals surface area contributed by atoms with E-state index in [2.05, 4.69) is 25.5 Å². The maximum atomic E-state index is 13.1. The van der Waals surface area contributed by atoms with E-state index in [1.165, 1.54) is 12.1 Å². The van der Waals surface area contributed by atoms with E-state index in [-0.39, 0.29) is 11.9 Å². The molecule has 1 amide bonds. The standard InChI is InChI=1S/C22H30FN5O3/c1-22(2,3)31-21(29)27-17-10-12-28(13-17)20(24-4)25-11-9-18-14-30-19(26-18)15-5-7-16(23)8-6-15/h5-8,14,17H,9-13H2,1-4H3,(H,24,25)(H,27,29). The average Bonchev–Trinajstić information content (AvgIpc) is 3.34. The summed E-state index contributed by atoms with van der Waals surface area (Å²) in [6, 6.07) is 6.06. The number of ether oxygens (including phenoxy) is 1. The van der Waals surface area contributed by atoms with Crippen LogP contribution in [0.15, 0.2) is 39.9 Å². The van der Waals surface area contributed by atoms with Gasteiger partial charge in [-0.05, 0) is 51.5 Å². The molecule has 1 aliphatic heterocycles. The van der Waals surface area contributed by atoms with Crippen LogP contribution in [-0.2, 0) is 11.2 Å². The minimum atomic E-state index is -0.516. The lowest BCUT2D eigenvalue weighted by molar-refractivity contribution is 0.0507. The van der Waals surface area contributed by atoms with Crippen molar-refractivity contribution >= 4 is 12.1 Å². The van der Waals surface area contributed by atoms with Gasteiger partial charge in [-0.3, -0.25) is 4.99 Å². The molecule has 0 bridgehead atoms. The highest BCUT2D eigenvalue weighted by Crippen LogP contribution is 2.19. The first kappa shape index (κ1) is 22.6. The maximum Gasteiger partial charge on any atom is 0.407 e. The molecule has 1 fully saturated rings. The van der Waals surface area contributed by atoms with Crippen molar-refractivity contribution in [2.24, 2.45) is 4.99 Å². The molecule has 2 aromatic rings. The number of likely N-dealkylation sites (tertiary alicyclic amines) is 1. The van der Waals surface area contributed by atoms with Gasteiger partial charge in [-0.2, -0.15) is 0 Å². The van der Waals surface area contributed by atoms with Gasteiger partial charge in [0.15, 0.2) is 5.96 Å². The molecule has 2 heterocycles. The Labute approximate surface area is 181 Å². The van der Waals surface area contributed by atoms with E-state index in [1.807, 2.05) is 20.8 Å². The number of hydrogen-bond acceptors (Lipinski definition) is 5. The van der Waals surface area contributed by atoms with Crippen LogP contribution in [0.25, 0.3) is 11.5 Å². The molecule has 3 rings (SSSR count). The number of guanidine groups is 1. The van der Waals surface area contributed by atoms with Crippen LogP contribution in [0, 0.1) is 5.82 Å². The Bertz CT molecular complexity index is 905. The second kappa shape index (κ2) is 9.80. The average molecular weight is 432 g/mol. The lowest BCUT2D eigenvalue weighted by Crippen LogP contribution is -2.44. The van der Waals surface area contributed by atoms with E-state index in [9.17, 15) is 9.18 Å². The largest absolute Gasteiger partial charge is 0.444 e. The van der Waals surface area contributed by atoms with Crippen LogP contribution in [0.1, 0.15) is 32.9 Å². The van der Waals surface area contributed by atoms with Crippen molar-refractivity contribution in [1.29, 1.82) is 0 Å². The number of aliphatic imine (C=N–C) groups is 1. The number of hydrogen-bond donors (Lipinski definition) is 2. The molecule has 31 heavy (non-hydrogen) atoms. The summed E-state index contributed by atoms with van der Waals surface area (Å²) in [5, 5.41) is 6.25. The number of halogens is 1. The minimum Gasteiger partial charge on any atom is -0.444 e. The quantitative estimate of drug-likeness (QED) is 0.558. The predicted octanol–water partition coefficient (Wildman–Crippen LogP) is 3.20. The number of alkyl carbamates (subject to hydrolysis) is 1. The maximum absolute atomic E-state index is 13.1. The molecule has 1 atom stereocenters. The number of nitrogens with zero attached hydrogens (tertiary/aromatic N) is 3. The summed E-state index contributed by atoms with van der Waals surface area (Å²) in [5.41, 5.74) is 1.02. The molecule has 8 nitrogen and oxygen atoms in total. The molecule has 1 unspecified atom stereocenters. The van der Waals surface area contributed by atoms with E-state index in [4.69, 9.17) is 9.15 Å². The van der Waals surface area contributed by atoms with Crippen molar-refractivity contribution in [2.45, 2.75) is 45.3 Å². The number of carbonyl (C=O) groups is 1. The topological polar surface area (TPSA) is 92.0 Å². The Morgan fingerprint density at radius 2 is 2.10 bits per heavy atom. The van der Waals surface area contributed by atoms with Crippen molar-refractivity contribution in [1.82, 2.24) is 20.5 Å². The van der Waals surface area contributed by atoms with Gasteiger partial charge in [-0.1, -0.05) is 0 Å². The Morgan fingerprint density at radius 3 is 2.77 bits per heavy atom. The molecule has 0 radical (unpaired) electrons. The lowest BCUT2D eigenvalue weighted by Gasteiger charge is -2.23. The van der Waals surface area contributed by atoms with Gasteiger partial charge in [0.2, 0.25) is 5.89 Å². The van der Waals surface area contributed by atoms with E-state index < -0.39 is 11.7 Å². The van der Waals surface area contributed by atoms with Gasteiger partial charge >= 0.3 is 6.09 Å². The molecule has 1 aromatic heterocycles. The fraction of sp³-hybridized carbons (Fsp3) is 0.500. The first-order chi connectivity index (χ1) is 14.7. The van der Waals surface area contributed by atoms with Gasteiger partial charge in [0.05, 0.1) is 11.7 Å². The molecule has 0 saturated carbocycles. The minimum absolute atomic E-state index is 0.0159. The van der Waals surface area contributed by atoms with Gasteiger partial charge in [0, 0.05) is 38.7 Å². The first-order valence-corrected chi connectivity index (χ1v) is 10.4. The molecule has 1 aromatic carbocycles. The summed E-state index contributed by atoms with van der Waals surface area (Å²) >= 11 is 0. The van der Waals surface area contributed by atoms with Crippen LogP contribution >= 0.6 is 0 Å². The van der Waals surface area contributed by atoms with Crippen LogP contribution in [0.4, 0.5) is 9.18 Å². The van der Waals surface area contributed by atoms with Crippen molar-refractivity contribution in [3.63, 3.8) is 0 Å². The zero-order valence-electron chi connectivity index (χ0n) is 18.4. The molecule has 1 saturated heterocycles. The molecule has 1 aliphatic rings. The van der Waals surface area contributed by atoms with E-state index >= 15 is 0 Å². The van der Waals surface area contributed by atoms with Crippen LogP contribution < -0.4 is 10.6 Å². The van der Waals surface area contributed by atoms with Crippen LogP contribution in [0.3, 0.4) is 0 Å². The van der Waals surface area contributed by atoms with Gasteiger partial charge in [0.25, 0.3) is 0 Å². The highest BCUT2D eigenvalue weighted by atomic mass is 19.1. The van der Waals surface area contributed by atoms with Crippen molar-refractivity contribution in [3.8, 4) is 11.5 Å². The van der Waals surface area contributed by atoms with E-state index in [0.29, 0.717) is 25.4 Å². The van der Waals surface area contributed by atoms with Gasteiger partial charge < -0.3 is 24.7 Å². The third kappa shape index (κ3) is 6.70. The molecule has 9 heteroatoms. The summed E-state index contributed by atoms with van der Waals surface area (Å²) in [7, 11) is 1.74. The highest BCUT2D eigenvalue weighted by molar-refractivity contribution is 5.80. The smallest absolute Gasteiger partial charge is 0.407 e. The van der Waals surface area contributed by atoms with Gasteiger partial charge in [-0.25, -0.2) is 14.2 Å². The third-order valence-electron chi connectivity index (χ3n) is 4.73. The van der Waals surface area contributed by atoms with Crippen LogP contribution in [-0.4, -0.2) is 60.3 Å². The highest BCUT2D eigenvalue weighted by Gasteiger charge is 2.27. The summed E-state index contributed by atoms with van der Waals surface area (Å²) in [4.78, 5) is 22.9. The molecular formula is C22H30FN5O3. The number of rotatable bonds is 5. The second-order valence-corrected chi connectivity index (χ2v) is 8.45. The van der Waals surface area contributed by atoms with Crippen molar-refractivity contribution in [3.05, 3.63) is 42.0 Å². The van der Waals surface area contributed by atoms with E-state index in [1.54, 1.807) is 25.4 Å². The number of amides is 1. The fourth-order valence-corrected chi connectivity index (χ4v) is 3.33. The Kier molecular flexibility index (Phi) is 7.14. The SMILES string of the molecule is CN=C(NCCc1coc(-c2ccc(F)cc2)n1)N1CCC(NC(=O)OC(C)(C)C)C1. The number of benzene rings is 1. The molecule has 2 N–H and O–H groups in total. The second-order valence-electron chi connectivity index (χ2n) is 8.45. The Hall–Kier alpha value is -3.10. The molecule has 0 spiro atoms. The zero-order chi connectivity index (χ0) is 22.4. The Morgan fingerprint density at radius 1 is 1.35 bits per heavy atom. The van der Waals surface area contributed by atoms with Crippen molar-refractivity contribution in [2.75, 3.05) is 26.7 Å². The molecular weight excluding hydrogens is 401 g/mol. The number of nitrogens with one attached hydrogen (secondary N) is 2. The third-order valence-corrected chi connectivity index (χ3v) is 4.73. The van der Waals surface area contributed by atoms with Crippen LogP contribution in [0.5, 0.6) is 0 Å². The summed E-state index contributed by atoms with van der Waals surface area (Å²) in [5.74, 6) is 0.947. The monoisotopic (exact) mass is 431 g/mol. The van der Waals surface area contributed by atoms with Gasteiger partial charge in [-0.15, -0.1) is 0 Å². The Balaban J connectivity index is 1.45. The van der Waals surface area contributed by atoms with Gasteiger partial charge in [0.1, 0.15) is 17.7 Å². The number of carbonyl (C=O) groups excluding carboxylic acids is 1.